The molecule has 0 unspecified atom stereocenters. The van der Waals surface area contributed by atoms with E-state index in [1.807, 2.05) is 6.08 Å². The first-order valence-corrected chi connectivity index (χ1v) is 11.5. The zero-order valence-electron chi connectivity index (χ0n) is 20.9. The molecular formula is C31H35N. The third kappa shape index (κ3) is 3.86. The van der Waals surface area contributed by atoms with E-state index in [9.17, 15) is 0 Å². The zero-order chi connectivity index (χ0) is 23.4. The lowest BCUT2D eigenvalue weighted by atomic mass is 9.82. The van der Waals surface area contributed by atoms with Crippen LogP contribution in [0.4, 0.5) is 0 Å². The molecule has 0 N–H and O–H groups in total. The number of hydrogen-bond acceptors (Lipinski definition) is 1. The van der Waals surface area contributed by atoms with Crippen LogP contribution in [0.5, 0.6) is 0 Å². The van der Waals surface area contributed by atoms with Crippen molar-refractivity contribution in [3.8, 4) is 11.1 Å². The van der Waals surface area contributed by atoms with Crippen molar-refractivity contribution >= 4 is 27.9 Å². The van der Waals surface area contributed by atoms with E-state index < -0.39 is 0 Å². The topological polar surface area (TPSA) is 12.9 Å². The van der Waals surface area contributed by atoms with E-state index in [1.165, 1.54) is 44.2 Å². The van der Waals surface area contributed by atoms with Crippen molar-refractivity contribution < 1.29 is 0 Å². The Morgan fingerprint density at radius 1 is 0.656 bits per heavy atom. The molecule has 32 heavy (non-hydrogen) atoms. The van der Waals surface area contributed by atoms with Crippen LogP contribution >= 0.6 is 0 Å². The second kappa shape index (κ2) is 7.59. The molecule has 0 spiro atoms. The minimum Gasteiger partial charge on any atom is -0.248 e. The number of hydrogen-bond donors (Lipinski definition) is 0. The SMILES string of the molecule is C=Cc1cc(C)c(-c2c3cc(C(C)(C)C)ccc3nc3ccc(C(C)(C)C)cc23)c(C)c1. The number of pyridine rings is 1. The van der Waals surface area contributed by atoms with Gasteiger partial charge in [-0.3, -0.25) is 0 Å². The van der Waals surface area contributed by atoms with Crippen LogP contribution in [-0.2, 0) is 10.8 Å². The van der Waals surface area contributed by atoms with Crippen LogP contribution in [0.1, 0.15) is 69.4 Å². The number of fused-ring (bicyclic) bond motifs is 2. The van der Waals surface area contributed by atoms with Gasteiger partial charge in [-0.05, 0) is 82.3 Å². The average Bonchev–Trinajstić information content (AvgIpc) is 2.70. The highest BCUT2D eigenvalue weighted by atomic mass is 14.7. The Morgan fingerprint density at radius 2 is 1.09 bits per heavy atom. The van der Waals surface area contributed by atoms with Crippen LogP contribution in [0.3, 0.4) is 0 Å². The van der Waals surface area contributed by atoms with E-state index in [2.05, 4.69) is 110 Å². The minimum absolute atomic E-state index is 0.0739. The molecule has 0 bridgehead atoms. The van der Waals surface area contributed by atoms with Gasteiger partial charge in [-0.15, -0.1) is 0 Å². The van der Waals surface area contributed by atoms with Crippen LogP contribution in [0.15, 0.2) is 55.1 Å². The quantitative estimate of drug-likeness (QED) is 0.294. The molecule has 0 saturated heterocycles. The molecule has 0 radical (unpaired) electrons. The maximum absolute atomic E-state index is 5.09. The lowest BCUT2D eigenvalue weighted by Gasteiger charge is -2.23. The predicted molar refractivity (Wildman–Crippen MR) is 142 cm³/mol. The van der Waals surface area contributed by atoms with Gasteiger partial charge in [0.05, 0.1) is 11.0 Å². The van der Waals surface area contributed by atoms with E-state index in [4.69, 9.17) is 4.98 Å². The van der Waals surface area contributed by atoms with Crippen molar-refractivity contribution in [3.63, 3.8) is 0 Å². The summed E-state index contributed by atoms with van der Waals surface area (Å²) in [4.78, 5) is 5.09. The van der Waals surface area contributed by atoms with E-state index in [0.717, 1.165) is 16.6 Å². The van der Waals surface area contributed by atoms with Gasteiger partial charge in [0.2, 0.25) is 0 Å². The van der Waals surface area contributed by atoms with Gasteiger partial charge >= 0.3 is 0 Å². The molecule has 0 saturated carbocycles. The molecule has 0 aliphatic heterocycles. The fourth-order valence-electron chi connectivity index (χ4n) is 4.65. The minimum atomic E-state index is 0.0739. The number of aryl methyl sites for hydroxylation is 2. The van der Waals surface area contributed by atoms with E-state index in [1.54, 1.807) is 0 Å². The molecule has 0 fully saturated rings. The van der Waals surface area contributed by atoms with Gasteiger partial charge in [-0.1, -0.05) is 78.5 Å². The van der Waals surface area contributed by atoms with Gasteiger partial charge < -0.3 is 0 Å². The molecule has 1 heterocycles. The molecule has 4 rings (SSSR count). The standard InChI is InChI=1S/C31H35N/c1-10-21-15-19(2)28(20(3)16-21)29-24-17-22(30(4,5)6)11-13-26(24)32-27-14-12-23(18-25(27)29)31(7,8)9/h10-18H,1H2,2-9H3. The average molecular weight is 422 g/mol. The van der Waals surface area contributed by atoms with Crippen molar-refractivity contribution in [2.75, 3.05) is 0 Å². The Kier molecular flexibility index (Phi) is 5.28. The summed E-state index contributed by atoms with van der Waals surface area (Å²) < 4.78 is 0. The first kappa shape index (κ1) is 22.3. The van der Waals surface area contributed by atoms with Gasteiger partial charge in [0.15, 0.2) is 0 Å². The molecule has 0 amide bonds. The Labute approximate surface area is 193 Å². The lowest BCUT2D eigenvalue weighted by Crippen LogP contribution is -2.11. The van der Waals surface area contributed by atoms with Crippen LogP contribution < -0.4 is 0 Å². The molecule has 0 aliphatic rings. The van der Waals surface area contributed by atoms with Crippen LogP contribution in [0, 0.1) is 13.8 Å². The van der Waals surface area contributed by atoms with E-state index in [0.29, 0.717) is 0 Å². The summed E-state index contributed by atoms with van der Waals surface area (Å²) in [5.41, 5.74) is 11.2. The second-order valence-corrected chi connectivity index (χ2v) is 11.2. The summed E-state index contributed by atoms with van der Waals surface area (Å²) in [6.45, 7) is 22.1. The smallest absolute Gasteiger partial charge is 0.0716 e. The largest absolute Gasteiger partial charge is 0.248 e. The molecule has 3 aromatic carbocycles. The summed E-state index contributed by atoms with van der Waals surface area (Å²) in [6.07, 6.45) is 1.93. The molecule has 0 aliphatic carbocycles. The number of aromatic nitrogens is 1. The van der Waals surface area contributed by atoms with Crippen molar-refractivity contribution in [3.05, 3.63) is 82.9 Å². The van der Waals surface area contributed by atoms with E-state index >= 15 is 0 Å². The molecule has 1 nitrogen and oxygen atoms in total. The van der Waals surface area contributed by atoms with Gasteiger partial charge in [0, 0.05) is 16.3 Å². The second-order valence-electron chi connectivity index (χ2n) is 11.2. The predicted octanol–water partition coefficient (Wildman–Crippen LogP) is 8.91. The monoisotopic (exact) mass is 421 g/mol. The summed E-state index contributed by atoms with van der Waals surface area (Å²) in [5.74, 6) is 0. The molecule has 1 aromatic heterocycles. The summed E-state index contributed by atoms with van der Waals surface area (Å²) >= 11 is 0. The third-order valence-corrected chi connectivity index (χ3v) is 6.55. The van der Waals surface area contributed by atoms with Crippen LogP contribution in [0.2, 0.25) is 0 Å². The molecule has 164 valence electrons. The molecule has 0 atom stereocenters. The van der Waals surface area contributed by atoms with Crippen molar-refractivity contribution in [2.45, 2.75) is 66.2 Å². The van der Waals surface area contributed by atoms with Crippen molar-refractivity contribution in [1.29, 1.82) is 0 Å². The van der Waals surface area contributed by atoms with Gasteiger partial charge in [0.25, 0.3) is 0 Å². The first-order chi connectivity index (χ1) is 14.9. The summed E-state index contributed by atoms with van der Waals surface area (Å²) in [6, 6.07) is 18.1. The highest BCUT2D eigenvalue weighted by Gasteiger charge is 2.21. The highest BCUT2D eigenvalue weighted by Crippen LogP contribution is 2.41. The van der Waals surface area contributed by atoms with Crippen molar-refractivity contribution in [1.82, 2.24) is 4.98 Å². The lowest BCUT2D eigenvalue weighted by molar-refractivity contribution is 0.591. The first-order valence-electron chi connectivity index (χ1n) is 11.5. The number of rotatable bonds is 2. The zero-order valence-corrected chi connectivity index (χ0v) is 20.9. The Hall–Kier alpha value is -2.93. The third-order valence-electron chi connectivity index (χ3n) is 6.55. The Balaban J connectivity index is 2.22. The van der Waals surface area contributed by atoms with E-state index in [-0.39, 0.29) is 10.8 Å². The highest BCUT2D eigenvalue weighted by molar-refractivity contribution is 6.11. The molecular weight excluding hydrogens is 386 g/mol. The van der Waals surface area contributed by atoms with Crippen LogP contribution in [-0.4, -0.2) is 4.98 Å². The maximum atomic E-state index is 5.09. The molecule has 4 aromatic rings. The fourth-order valence-corrected chi connectivity index (χ4v) is 4.65. The van der Waals surface area contributed by atoms with Crippen molar-refractivity contribution in [2.24, 2.45) is 0 Å². The van der Waals surface area contributed by atoms with Gasteiger partial charge in [-0.25, -0.2) is 4.98 Å². The Morgan fingerprint density at radius 3 is 1.47 bits per heavy atom. The van der Waals surface area contributed by atoms with Crippen LogP contribution in [0.25, 0.3) is 39.0 Å². The normalized spacial score (nSPS) is 12.5. The van der Waals surface area contributed by atoms with Gasteiger partial charge in [0.1, 0.15) is 0 Å². The molecule has 1 heteroatoms. The Bertz CT molecular complexity index is 1260. The number of benzene rings is 3. The summed E-state index contributed by atoms with van der Waals surface area (Å²) in [5, 5.41) is 2.46. The number of nitrogens with zero attached hydrogens (tertiary/aromatic N) is 1. The fraction of sp³-hybridized carbons (Fsp3) is 0.323. The maximum Gasteiger partial charge on any atom is 0.0716 e. The van der Waals surface area contributed by atoms with Gasteiger partial charge in [-0.2, -0.15) is 0 Å². The summed E-state index contributed by atoms with van der Waals surface area (Å²) in [7, 11) is 0.